The molecule has 1 saturated carbocycles. The monoisotopic (exact) mass is 375 g/mol. The molecule has 3 nitrogen and oxygen atoms in total. The molecular formula is C20H29N3S2. The summed E-state index contributed by atoms with van der Waals surface area (Å²) in [5.74, 6) is 2.18. The van der Waals surface area contributed by atoms with E-state index in [0.717, 1.165) is 24.3 Å². The van der Waals surface area contributed by atoms with Gasteiger partial charge in [0.1, 0.15) is 5.82 Å². The molecule has 0 bridgehead atoms. The zero-order valence-corrected chi connectivity index (χ0v) is 16.8. The molecule has 0 spiro atoms. The fourth-order valence-electron chi connectivity index (χ4n) is 4.31. The van der Waals surface area contributed by atoms with Crippen molar-refractivity contribution in [1.29, 1.82) is 0 Å². The van der Waals surface area contributed by atoms with Crippen LogP contribution in [-0.4, -0.2) is 53.5 Å². The van der Waals surface area contributed by atoms with Crippen LogP contribution in [0.25, 0.3) is 10.1 Å². The van der Waals surface area contributed by atoms with Gasteiger partial charge < -0.3 is 4.90 Å². The van der Waals surface area contributed by atoms with Crippen LogP contribution >= 0.6 is 23.3 Å². The Balaban J connectivity index is 1.25. The lowest BCUT2D eigenvalue weighted by Crippen LogP contribution is -2.47. The van der Waals surface area contributed by atoms with Crippen LogP contribution in [-0.2, 0) is 0 Å². The largest absolute Gasteiger partial charge is 0.353 e. The predicted molar refractivity (Wildman–Crippen MR) is 112 cm³/mol. The average Bonchev–Trinajstić information content (AvgIpc) is 3.11. The van der Waals surface area contributed by atoms with Gasteiger partial charge in [-0.25, -0.2) is 0 Å². The van der Waals surface area contributed by atoms with Crippen LogP contribution in [0.2, 0.25) is 0 Å². The summed E-state index contributed by atoms with van der Waals surface area (Å²) in [6.45, 7) is 5.90. The van der Waals surface area contributed by atoms with Crippen molar-refractivity contribution in [1.82, 2.24) is 9.27 Å². The second-order valence-corrected chi connectivity index (χ2v) is 9.44. The van der Waals surface area contributed by atoms with Gasteiger partial charge in [-0.05, 0) is 74.5 Å². The zero-order valence-electron chi connectivity index (χ0n) is 15.2. The molecule has 2 aromatic rings. The van der Waals surface area contributed by atoms with Crippen LogP contribution in [0.1, 0.15) is 32.1 Å². The first-order valence-corrected chi connectivity index (χ1v) is 11.7. The van der Waals surface area contributed by atoms with Crippen molar-refractivity contribution < 1.29 is 0 Å². The molecule has 1 aromatic heterocycles. The summed E-state index contributed by atoms with van der Waals surface area (Å²) in [6.07, 6.45) is 9.47. The van der Waals surface area contributed by atoms with Crippen LogP contribution in [0.4, 0.5) is 5.82 Å². The number of thioether (sulfide) groups is 1. The first kappa shape index (κ1) is 17.6. The van der Waals surface area contributed by atoms with E-state index in [1.807, 2.05) is 0 Å². The van der Waals surface area contributed by atoms with E-state index < -0.39 is 0 Å². The fraction of sp³-hybridized carbons (Fsp3) is 0.650. The van der Waals surface area contributed by atoms with Gasteiger partial charge in [0.15, 0.2) is 0 Å². The quantitative estimate of drug-likeness (QED) is 0.752. The number of benzene rings is 1. The summed E-state index contributed by atoms with van der Waals surface area (Å²) in [7, 11) is 0. The molecule has 4 rings (SSSR count). The number of nitrogens with zero attached hydrogens (tertiary/aromatic N) is 3. The minimum absolute atomic E-state index is 0.938. The molecule has 2 heterocycles. The molecule has 0 atom stereocenters. The summed E-state index contributed by atoms with van der Waals surface area (Å²) in [4.78, 5) is 5.16. The van der Waals surface area contributed by atoms with E-state index >= 15 is 0 Å². The standard InChI is InChI=1S/C20H29N3S2/c1-24-17-8-6-16(7-9-17)10-11-22-12-14-23(15-13-22)20-18-4-2-3-5-19(18)25-21-20/h2-5,16-17H,6-15H2,1H3. The Morgan fingerprint density at radius 1 is 1.08 bits per heavy atom. The minimum atomic E-state index is 0.938. The van der Waals surface area contributed by atoms with E-state index in [9.17, 15) is 0 Å². The second kappa shape index (κ2) is 8.28. The topological polar surface area (TPSA) is 19.4 Å². The molecule has 1 aliphatic carbocycles. The average molecular weight is 376 g/mol. The van der Waals surface area contributed by atoms with E-state index in [-0.39, 0.29) is 0 Å². The van der Waals surface area contributed by atoms with Crippen LogP contribution in [0.15, 0.2) is 24.3 Å². The second-order valence-electron chi connectivity index (χ2n) is 7.50. The molecule has 136 valence electrons. The third kappa shape index (κ3) is 4.15. The van der Waals surface area contributed by atoms with Gasteiger partial charge in [0.05, 0.1) is 4.70 Å². The Kier molecular flexibility index (Phi) is 5.83. The highest BCUT2D eigenvalue weighted by Crippen LogP contribution is 2.33. The number of aromatic nitrogens is 1. The minimum Gasteiger partial charge on any atom is -0.353 e. The summed E-state index contributed by atoms with van der Waals surface area (Å²) >= 11 is 3.70. The molecule has 0 amide bonds. The lowest BCUT2D eigenvalue weighted by atomic mass is 9.86. The lowest BCUT2D eigenvalue weighted by Gasteiger charge is -2.36. The third-order valence-corrected chi connectivity index (χ3v) is 7.97. The Labute approximate surface area is 159 Å². The van der Waals surface area contributed by atoms with Crippen molar-refractivity contribution >= 4 is 39.2 Å². The van der Waals surface area contributed by atoms with Gasteiger partial charge in [0.25, 0.3) is 0 Å². The Morgan fingerprint density at radius 2 is 1.84 bits per heavy atom. The van der Waals surface area contributed by atoms with Crippen LogP contribution in [0.5, 0.6) is 0 Å². The number of hydrogen-bond donors (Lipinski definition) is 0. The number of piperazine rings is 1. The molecule has 0 radical (unpaired) electrons. The van der Waals surface area contributed by atoms with Crippen LogP contribution < -0.4 is 4.90 Å². The molecule has 2 fully saturated rings. The molecule has 1 aliphatic heterocycles. The van der Waals surface area contributed by atoms with Crippen molar-refractivity contribution in [2.45, 2.75) is 37.4 Å². The van der Waals surface area contributed by atoms with Crippen molar-refractivity contribution in [2.75, 3.05) is 43.9 Å². The Bertz CT molecular complexity index is 670. The Hall–Kier alpha value is -0.780. The molecule has 2 aliphatic rings. The van der Waals surface area contributed by atoms with E-state index in [1.54, 1.807) is 11.5 Å². The van der Waals surface area contributed by atoms with E-state index in [4.69, 9.17) is 4.37 Å². The van der Waals surface area contributed by atoms with Crippen LogP contribution in [0, 0.1) is 5.92 Å². The smallest absolute Gasteiger partial charge is 0.150 e. The highest BCUT2D eigenvalue weighted by Gasteiger charge is 2.23. The molecule has 0 N–H and O–H groups in total. The first-order chi connectivity index (χ1) is 12.3. The highest BCUT2D eigenvalue weighted by atomic mass is 32.2. The zero-order chi connectivity index (χ0) is 17.1. The number of hydrogen-bond acceptors (Lipinski definition) is 5. The highest BCUT2D eigenvalue weighted by molar-refractivity contribution is 7.99. The number of fused-ring (bicyclic) bond motifs is 1. The van der Waals surface area contributed by atoms with E-state index in [1.165, 1.54) is 67.6 Å². The third-order valence-electron chi connectivity index (χ3n) is 6.01. The molecule has 25 heavy (non-hydrogen) atoms. The van der Waals surface area contributed by atoms with Gasteiger partial charge in [-0.3, -0.25) is 4.90 Å². The molecule has 5 heteroatoms. The molecular weight excluding hydrogens is 346 g/mol. The summed E-state index contributed by atoms with van der Waals surface area (Å²) in [5.41, 5.74) is 0. The lowest BCUT2D eigenvalue weighted by molar-refractivity contribution is 0.222. The summed E-state index contributed by atoms with van der Waals surface area (Å²) in [6, 6.07) is 8.63. The number of rotatable bonds is 5. The van der Waals surface area contributed by atoms with Crippen LogP contribution in [0.3, 0.4) is 0 Å². The normalized spacial score (nSPS) is 25.6. The maximum Gasteiger partial charge on any atom is 0.150 e. The SMILES string of the molecule is CSC1CCC(CCN2CCN(c3nsc4ccccc34)CC2)CC1. The van der Waals surface area contributed by atoms with Gasteiger partial charge in [-0.15, -0.1) is 0 Å². The van der Waals surface area contributed by atoms with Gasteiger partial charge in [-0.2, -0.15) is 16.1 Å². The van der Waals surface area contributed by atoms with Gasteiger partial charge in [0, 0.05) is 36.8 Å². The number of anilines is 1. The van der Waals surface area contributed by atoms with Gasteiger partial charge in [0.2, 0.25) is 0 Å². The first-order valence-electron chi connectivity index (χ1n) is 9.68. The van der Waals surface area contributed by atoms with E-state index in [0.29, 0.717) is 0 Å². The van der Waals surface area contributed by atoms with E-state index in [2.05, 4.69) is 52.1 Å². The van der Waals surface area contributed by atoms with Crippen molar-refractivity contribution in [3.8, 4) is 0 Å². The molecule has 1 saturated heterocycles. The molecule has 1 aromatic carbocycles. The van der Waals surface area contributed by atoms with Gasteiger partial charge in [-0.1, -0.05) is 12.1 Å². The fourth-order valence-corrected chi connectivity index (χ4v) is 5.84. The van der Waals surface area contributed by atoms with Crippen molar-refractivity contribution in [3.05, 3.63) is 24.3 Å². The van der Waals surface area contributed by atoms with Crippen molar-refractivity contribution in [2.24, 2.45) is 5.92 Å². The van der Waals surface area contributed by atoms with Gasteiger partial charge >= 0.3 is 0 Å². The predicted octanol–water partition coefficient (Wildman–Crippen LogP) is 4.73. The summed E-state index contributed by atoms with van der Waals surface area (Å²) in [5, 5.41) is 2.26. The maximum atomic E-state index is 4.73. The Morgan fingerprint density at radius 3 is 2.60 bits per heavy atom. The molecule has 0 unspecified atom stereocenters. The maximum absolute atomic E-state index is 4.73. The van der Waals surface area contributed by atoms with Crippen molar-refractivity contribution in [3.63, 3.8) is 0 Å². The summed E-state index contributed by atoms with van der Waals surface area (Å²) < 4.78 is 6.03.